The molecule has 1 saturated carbocycles. The van der Waals surface area contributed by atoms with Crippen molar-refractivity contribution in [1.82, 2.24) is 0 Å². The Morgan fingerprint density at radius 2 is 1.33 bits per heavy atom. The standard InChI is InChI=1S/C21H23/c1-3-13-19(14-4-1)21(20-15-5-2-6-16-20)17-9-12-18-10-7-8-11-18/h1-6,9,12-16,18H,7-8,10-11,17H2/b12-9+. The van der Waals surface area contributed by atoms with Gasteiger partial charge in [0.05, 0.1) is 0 Å². The van der Waals surface area contributed by atoms with Crippen molar-refractivity contribution in [2.75, 3.05) is 0 Å². The third-order valence-electron chi connectivity index (χ3n) is 4.37. The van der Waals surface area contributed by atoms with Gasteiger partial charge in [-0.3, -0.25) is 0 Å². The van der Waals surface area contributed by atoms with Gasteiger partial charge in [0.2, 0.25) is 0 Å². The number of hydrogen-bond donors (Lipinski definition) is 0. The molecule has 2 aromatic rings. The summed E-state index contributed by atoms with van der Waals surface area (Å²) < 4.78 is 0. The maximum atomic E-state index is 2.44. The van der Waals surface area contributed by atoms with Crippen molar-refractivity contribution in [3.63, 3.8) is 0 Å². The lowest BCUT2D eigenvalue weighted by Gasteiger charge is -2.15. The topological polar surface area (TPSA) is 0 Å². The molecule has 0 bridgehead atoms. The molecule has 0 spiro atoms. The van der Waals surface area contributed by atoms with Crippen molar-refractivity contribution in [2.45, 2.75) is 32.1 Å². The van der Waals surface area contributed by atoms with Crippen LogP contribution >= 0.6 is 0 Å². The first kappa shape index (κ1) is 14.1. The monoisotopic (exact) mass is 275 g/mol. The second kappa shape index (κ2) is 7.26. The third-order valence-corrected chi connectivity index (χ3v) is 4.37. The number of hydrogen-bond acceptors (Lipinski definition) is 0. The molecule has 0 atom stereocenters. The van der Waals surface area contributed by atoms with Crippen LogP contribution in [-0.2, 0) is 0 Å². The van der Waals surface area contributed by atoms with E-state index in [0.29, 0.717) is 0 Å². The molecule has 0 nitrogen and oxygen atoms in total. The van der Waals surface area contributed by atoms with Gasteiger partial charge >= 0.3 is 0 Å². The van der Waals surface area contributed by atoms with Crippen LogP contribution in [0.1, 0.15) is 43.2 Å². The highest BCUT2D eigenvalue weighted by atomic mass is 14.2. The van der Waals surface area contributed by atoms with Crippen molar-refractivity contribution in [1.29, 1.82) is 0 Å². The van der Waals surface area contributed by atoms with Gasteiger partial charge in [0.15, 0.2) is 0 Å². The van der Waals surface area contributed by atoms with Crippen LogP contribution in [0.4, 0.5) is 0 Å². The van der Waals surface area contributed by atoms with E-state index in [0.717, 1.165) is 12.3 Å². The van der Waals surface area contributed by atoms with Gasteiger partial charge in [-0.1, -0.05) is 85.7 Å². The molecule has 0 saturated heterocycles. The molecule has 1 aliphatic carbocycles. The minimum atomic E-state index is 0.817. The lowest BCUT2D eigenvalue weighted by Crippen LogP contribution is -2.01. The van der Waals surface area contributed by atoms with Crippen LogP contribution in [0.25, 0.3) is 0 Å². The Kier molecular flexibility index (Phi) is 4.89. The minimum Gasteiger partial charge on any atom is -0.0870 e. The van der Waals surface area contributed by atoms with Crippen LogP contribution in [-0.4, -0.2) is 0 Å². The van der Waals surface area contributed by atoms with Crippen LogP contribution in [0.15, 0.2) is 72.8 Å². The smallest absolute Gasteiger partial charge is 0.0377 e. The zero-order valence-electron chi connectivity index (χ0n) is 12.5. The summed E-state index contributed by atoms with van der Waals surface area (Å²) in [6.45, 7) is 0. The molecule has 0 unspecified atom stereocenters. The minimum absolute atomic E-state index is 0.817. The lowest BCUT2D eigenvalue weighted by atomic mass is 9.88. The molecule has 0 N–H and O–H groups in total. The predicted molar refractivity (Wildman–Crippen MR) is 90.0 cm³/mol. The van der Waals surface area contributed by atoms with E-state index in [-0.39, 0.29) is 0 Å². The Morgan fingerprint density at radius 1 is 0.810 bits per heavy atom. The SMILES string of the molecule is C(=C\C1CCCC1)/C[C](c1ccccc1)c1ccccc1. The zero-order chi connectivity index (χ0) is 14.3. The Balaban J connectivity index is 1.76. The summed E-state index contributed by atoms with van der Waals surface area (Å²) in [6, 6.07) is 21.5. The molecule has 3 rings (SSSR count). The summed E-state index contributed by atoms with van der Waals surface area (Å²) >= 11 is 0. The van der Waals surface area contributed by atoms with E-state index < -0.39 is 0 Å². The van der Waals surface area contributed by atoms with Gasteiger partial charge in [-0.25, -0.2) is 0 Å². The fraction of sp³-hybridized carbons (Fsp3) is 0.286. The summed E-state index contributed by atoms with van der Waals surface area (Å²) in [4.78, 5) is 0. The van der Waals surface area contributed by atoms with Crippen LogP contribution < -0.4 is 0 Å². The van der Waals surface area contributed by atoms with Crippen LogP contribution in [0.2, 0.25) is 0 Å². The second-order valence-corrected chi connectivity index (χ2v) is 5.89. The van der Waals surface area contributed by atoms with E-state index in [9.17, 15) is 0 Å². The van der Waals surface area contributed by atoms with E-state index >= 15 is 0 Å². The quantitative estimate of drug-likeness (QED) is 0.605. The van der Waals surface area contributed by atoms with Crippen molar-refractivity contribution in [2.24, 2.45) is 5.92 Å². The summed E-state index contributed by atoms with van der Waals surface area (Å²) in [7, 11) is 0. The zero-order valence-corrected chi connectivity index (χ0v) is 12.5. The molecule has 1 fully saturated rings. The van der Waals surface area contributed by atoms with E-state index in [1.807, 2.05) is 0 Å². The Hall–Kier alpha value is -1.82. The average Bonchev–Trinajstić information content (AvgIpc) is 3.07. The van der Waals surface area contributed by atoms with E-state index in [1.165, 1.54) is 42.7 Å². The largest absolute Gasteiger partial charge is 0.0870 e. The Bertz CT molecular complexity index is 508. The molecular weight excluding hydrogens is 252 g/mol. The number of benzene rings is 2. The number of allylic oxidation sites excluding steroid dienone is 2. The molecule has 0 heteroatoms. The maximum absolute atomic E-state index is 2.44. The fourth-order valence-electron chi connectivity index (χ4n) is 3.21. The highest BCUT2D eigenvalue weighted by molar-refractivity contribution is 5.46. The lowest BCUT2D eigenvalue weighted by molar-refractivity contribution is 0.683. The van der Waals surface area contributed by atoms with Crippen molar-refractivity contribution in [3.05, 3.63) is 89.9 Å². The molecule has 21 heavy (non-hydrogen) atoms. The summed E-state index contributed by atoms with van der Waals surface area (Å²) in [5.41, 5.74) is 2.67. The second-order valence-electron chi connectivity index (χ2n) is 5.89. The molecule has 2 aromatic carbocycles. The molecule has 0 amide bonds. The molecule has 0 heterocycles. The Labute approximate surface area is 128 Å². The first-order chi connectivity index (χ1) is 10.4. The van der Waals surface area contributed by atoms with Crippen LogP contribution in [0.5, 0.6) is 0 Å². The molecule has 1 aliphatic rings. The Morgan fingerprint density at radius 3 is 1.86 bits per heavy atom. The maximum Gasteiger partial charge on any atom is 0.0377 e. The first-order valence-electron chi connectivity index (χ1n) is 8.07. The summed E-state index contributed by atoms with van der Waals surface area (Å²) in [5.74, 6) is 2.24. The number of rotatable bonds is 5. The van der Waals surface area contributed by atoms with Gasteiger partial charge in [-0.05, 0) is 36.3 Å². The fourth-order valence-corrected chi connectivity index (χ4v) is 3.21. The van der Waals surface area contributed by atoms with Gasteiger partial charge in [0.25, 0.3) is 0 Å². The molecule has 0 aromatic heterocycles. The van der Waals surface area contributed by atoms with Gasteiger partial charge in [-0.2, -0.15) is 0 Å². The third kappa shape index (κ3) is 3.85. The van der Waals surface area contributed by atoms with Gasteiger partial charge < -0.3 is 0 Å². The molecule has 0 aliphatic heterocycles. The average molecular weight is 275 g/mol. The van der Waals surface area contributed by atoms with Crippen molar-refractivity contribution >= 4 is 0 Å². The van der Waals surface area contributed by atoms with E-state index in [1.54, 1.807) is 0 Å². The molecular formula is C21H23. The summed E-state index contributed by atoms with van der Waals surface area (Å²) in [5, 5.41) is 0. The van der Waals surface area contributed by atoms with Gasteiger partial charge in [0.1, 0.15) is 0 Å². The van der Waals surface area contributed by atoms with E-state index in [2.05, 4.69) is 72.8 Å². The molecule has 1 radical (unpaired) electrons. The predicted octanol–water partition coefficient (Wildman–Crippen LogP) is 5.79. The van der Waals surface area contributed by atoms with Gasteiger partial charge in [-0.15, -0.1) is 0 Å². The first-order valence-corrected chi connectivity index (χ1v) is 8.07. The van der Waals surface area contributed by atoms with Crippen molar-refractivity contribution in [3.8, 4) is 0 Å². The highest BCUT2D eigenvalue weighted by Gasteiger charge is 2.14. The molecule has 107 valence electrons. The normalized spacial score (nSPS) is 16.0. The highest BCUT2D eigenvalue weighted by Crippen LogP contribution is 2.29. The van der Waals surface area contributed by atoms with Crippen molar-refractivity contribution < 1.29 is 0 Å². The van der Waals surface area contributed by atoms with Crippen LogP contribution in [0.3, 0.4) is 0 Å². The van der Waals surface area contributed by atoms with E-state index in [4.69, 9.17) is 0 Å². The summed E-state index contributed by atoms with van der Waals surface area (Å²) in [6.07, 6.45) is 11.4. The van der Waals surface area contributed by atoms with Crippen LogP contribution in [0, 0.1) is 11.8 Å². The van der Waals surface area contributed by atoms with Gasteiger partial charge in [0, 0.05) is 5.92 Å².